The zero-order valence-corrected chi connectivity index (χ0v) is 11.3. The van der Waals surface area contributed by atoms with Gasteiger partial charge < -0.3 is 9.47 Å². The maximum Gasteiger partial charge on any atom is 0.353 e. The second-order valence-corrected chi connectivity index (χ2v) is 4.00. The van der Waals surface area contributed by atoms with Crippen LogP contribution < -0.4 is 0 Å². The lowest BCUT2D eigenvalue weighted by Gasteiger charge is -2.15. The number of esters is 2. The molecule has 1 aromatic heterocycles. The van der Waals surface area contributed by atoms with Crippen molar-refractivity contribution in [3.05, 3.63) is 30.1 Å². The minimum absolute atomic E-state index is 0.200. The minimum Gasteiger partial charge on any atom is -0.463 e. The summed E-state index contributed by atoms with van der Waals surface area (Å²) < 4.78 is 10.2. The Morgan fingerprint density at radius 1 is 1.32 bits per heavy atom. The average Bonchev–Trinajstić information content (AvgIpc) is 2.45. The van der Waals surface area contributed by atoms with Gasteiger partial charge in [0.15, 0.2) is 0 Å². The first-order valence-electron chi connectivity index (χ1n) is 6.46. The number of carbonyl (C=O) groups is 2. The molecule has 0 bridgehead atoms. The molecule has 0 radical (unpaired) electrons. The maximum absolute atomic E-state index is 11.9. The highest BCUT2D eigenvalue weighted by molar-refractivity contribution is 5.80. The molecule has 0 aliphatic heterocycles. The molecule has 0 fully saturated rings. The van der Waals surface area contributed by atoms with Crippen molar-refractivity contribution in [3.63, 3.8) is 0 Å². The number of hydrogen-bond donors (Lipinski definition) is 0. The molecule has 1 aromatic rings. The van der Waals surface area contributed by atoms with E-state index in [4.69, 9.17) is 9.47 Å². The van der Waals surface area contributed by atoms with Gasteiger partial charge in [0.25, 0.3) is 0 Å². The zero-order chi connectivity index (χ0) is 14.1. The molecule has 0 aliphatic rings. The predicted molar refractivity (Wildman–Crippen MR) is 69.2 cm³/mol. The Bertz CT molecular complexity index is 405. The van der Waals surface area contributed by atoms with Crippen molar-refractivity contribution < 1.29 is 19.1 Å². The summed E-state index contributed by atoms with van der Waals surface area (Å²) in [5.41, 5.74) is 0.380. The second-order valence-electron chi connectivity index (χ2n) is 4.00. The minimum atomic E-state index is -1.08. The van der Waals surface area contributed by atoms with Crippen molar-refractivity contribution in [1.29, 1.82) is 0 Å². The van der Waals surface area contributed by atoms with Crippen LogP contribution in [0.25, 0.3) is 0 Å². The van der Waals surface area contributed by atoms with E-state index in [0.717, 1.165) is 12.8 Å². The Kier molecular flexibility index (Phi) is 6.57. The Balaban J connectivity index is 2.74. The van der Waals surface area contributed by atoms with Crippen LogP contribution in [0.2, 0.25) is 0 Å². The van der Waals surface area contributed by atoms with Crippen molar-refractivity contribution in [1.82, 2.24) is 4.98 Å². The van der Waals surface area contributed by atoms with Crippen molar-refractivity contribution in [2.75, 3.05) is 6.61 Å². The number of hydrogen-bond acceptors (Lipinski definition) is 5. The van der Waals surface area contributed by atoms with Gasteiger partial charge in [-0.3, -0.25) is 9.78 Å². The van der Waals surface area contributed by atoms with Crippen LogP contribution in [0, 0.1) is 0 Å². The highest BCUT2D eigenvalue weighted by Gasteiger charge is 2.27. The molecule has 0 saturated carbocycles. The van der Waals surface area contributed by atoms with E-state index in [0.29, 0.717) is 12.3 Å². The molecule has 0 N–H and O–H groups in total. The maximum atomic E-state index is 11.9. The Hall–Kier alpha value is -1.91. The number of unbranched alkanes of at least 4 members (excludes halogenated alkanes) is 1. The summed E-state index contributed by atoms with van der Waals surface area (Å²) in [7, 11) is 0. The lowest BCUT2D eigenvalue weighted by Crippen LogP contribution is -2.23. The monoisotopic (exact) mass is 265 g/mol. The van der Waals surface area contributed by atoms with E-state index in [9.17, 15) is 9.59 Å². The van der Waals surface area contributed by atoms with Gasteiger partial charge >= 0.3 is 11.9 Å². The lowest BCUT2D eigenvalue weighted by molar-refractivity contribution is -0.168. The van der Waals surface area contributed by atoms with Gasteiger partial charge in [0.1, 0.15) is 0 Å². The lowest BCUT2D eigenvalue weighted by atomic mass is 10.2. The van der Waals surface area contributed by atoms with Crippen molar-refractivity contribution in [3.8, 4) is 0 Å². The third-order valence-electron chi connectivity index (χ3n) is 2.45. The number of pyridine rings is 1. The quantitative estimate of drug-likeness (QED) is 0.559. The standard InChI is InChI=1S/C14H19NO4/c1-3-5-10-18-14(17)13(19-12(16)4-2)11-8-6-7-9-15-11/h6-9,13H,3-5,10H2,1-2H3. The molecule has 5 heteroatoms. The number of rotatable bonds is 7. The van der Waals surface area contributed by atoms with Crippen LogP contribution in [0.15, 0.2) is 24.4 Å². The zero-order valence-electron chi connectivity index (χ0n) is 11.3. The number of ether oxygens (including phenoxy) is 2. The van der Waals surface area contributed by atoms with E-state index in [2.05, 4.69) is 4.98 Å². The summed E-state index contributed by atoms with van der Waals surface area (Å²) in [4.78, 5) is 27.3. The fourth-order valence-electron chi connectivity index (χ4n) is 1.37. The molecule has 1 atom stereocenters. The number of aromatic nitrogens is 1. The molecular weight excluding hydrogens is 246 g/mol. The molecule has 0 spiro atoms. The van der Waals surface area contributed by atoms with Crippen molar-refractivity contribution >= 4 is 11.9 Å². The van der Waals surface area contributed by atoms with Gasteiger partial charge in [-0.1, -0.05) is 26.3 Å². The molecule has 1 unspecified atom stereocenters. The van der Waals surface area contributed by atoms with E-state index < -0.39 is 18.0 Å². The van der Waals surface area contributed by atoms with Crippen LogP contribution in [-0.2, 0) is 19.1 Å². The van der Waals surface area contributed by atoms with E-state index in [1.165, 1.54) is 0 Å². The Morgan fingerprint density at radius 3 is 2.68 bits per heavy atom. The molecule has 0 aliphatic carbocycles. The molecule has 0 saturated heterocycles. The molecule has 19 heavy (non-hydrogen) atoms. The molecular formula is C14H19NO4. The molecule has 0 amide bonds. The van der Waals surface area contributed by atoms with Gasteiger partial charge in [-0.05, 0) is 18.6 Å². The fourth-order valence-corrected chi connectivity index (χ4v) is 1.37. The number of carbonyl (C=O) groups excluding carboxylic acids is 2. The smallest absolute Gasteiger partial charge is 0.353 e. The SMILES string of the molecule is CCCCOC(=O)C(OC(=O)CC)c1ccccn1. The molecule has 104 valence electrons. The van der Waals surface area contributed by atoms with Crippen LogP contribution in [0.4, 0.5) is 0 Å². The Labute approximate surface area is 112 Å². The van der Waals surface area contributed by atoms with Crippen LogP contribution in [0.1, 0.15) is 44.9 Å². The highest BCUT2D eigenvalue weighted by atomic mass is 16.6. The van der Waals surface area contributed by atoms with Crippen molar-refractivity contribution in [2.24, 2.45) is 0 Å². The Morgan fingerprint density at radius 2 is 2.11 bits per heavy atom. The first kappa shape index (κ1) is 15.1. The summed E-state index contributed by atoms with van der Waals surface area (Å²) in [6.45, 7) is 3.99. The van der Waals surface area contributed by atoms with E-state index in [1.807, 2.05) is 6.92 Å². The van der Waals surface area contributed by atoms with E-state index in [1.54, 1.807) is 31.3 Å². The van der Waals surface area contributed by atoms with Crippen LogP contribution in [-0.4, -0.2) is 23.5 Å². The summed E-state index contributed by atoms with van der Waals surface area (Å²) >= 11 is 0. The summed E-state index contributed by atoms with van der Waals surface area (Å²) in [6.07, 6.45) is 2.37. The van der Waals surface area contributed by atoms with Crippen LogP contribution >= 0.6 is 0 Å². The van der Waals surface area contributed by atoms with Gasteiger partial charge in [-0.15, -0.1) is 0 Å². The molecule has 0 aromatic carbocycles. The van der Waals surface area contributed by atoms with Gasteiger partial charge in [0.05, 0.1) is 12.3 Å². The van der Waals surface area contributed by atoms with E-state index >= 15 is 0 Å². The third-order valence-corrected chi connectivity index (χ3v) is 2.45. The first-order valence-corrected chi connectivity index (χ1v) is 6.46. The second kappa shape index (κ2) is 8.24. The van der Waals surface area contributed by atoms with Gasteiger partial charge in [0.2, 0.25) is 6.10 Å². The largest absolute Gasteiger partial charge is 0.463 e. The molecule has 1 rings (SSSR count). The van der Waals surface area contributed by atoms with E-state index in [-0.39, 0.29) is 6.42 Å². The summed E-state index contributed by atoms with van der Waals surface area (Å²) in [6, 6.07) is 5.09. The van der Waals surface area contributed by atoms with Crippen LogP contribution in [0.5, 0.6) is 0 Å². The molecule has 5 nitrogen and oxygen atoms in total. The highest BCUT2D eigenvalue weighted by Crippen LogP contribution is 2.17. The summed E-state index contributed by atoms with van der Waals surface area (Å²) in [5, 5.41) is 0. The van der Waals surface area contributed by atoms with Gasteiger partial charge in [-0.25, -0.2) is 4.79 Å². The third kappa shape index (κ3) is 5.07. The van der Waals surface area contributed by atoms with Gasteiger partial charge in [-0.2, -0.15) is 0 Å². The number of nitrogens with zero attached hydrogens (tertiary/aromatic N) is 1. The summed E-state index contributed by atoms with van der Waals surface area (Å²) in [5.74, 6) is -1.03. The van der Waals surface area contributed by atoms with Crippen molar-refractivity contribution in [2.45, 2.75) is 39.2 Å². The predicted octanol–water partition coefficient (Wildman–Crippen LogP) is 2.42. The topological polar surface area (TPSA) is 65.5 Å². The normalized spacial score (nSPS) is 11.7. The average molecular weight is 265 g/mol. The first-order chi connectivity index (χ1) is 9.19. The van der Waals surface area contributed by atoms with Gasteiger partial charge in [0, 0.05) is 12.6 Å². The van der Waals surface area contributed by atoms with Crippen LogP contribution in [0.3, 0.4) is 0 Å². The molecule has 1 heterocycles. The fraction of sp³-hybridized carbons (Fsp3) is 0.500.